The van der Waals surface area contributed by atoms with E-state index in [-0.39, 0.29) is 135 Å². The molecule has 2 amide bonds. The molecule has 30 heteroatoms. The number of rotatable bonds is 40. The minimum Gasteiger partial charge on any atom is -1.00 e. The van der Waals surface area contributed by atoms with Gasteiger partial charge in [-0.25, -0.2) is 0 Å². The molecule has 2 aliphatic rings. The highest BCUT2D eigenvalue weighted by Gasteiger charge is 2.36. The lowest BCUT2D eigenvalue weighted by atomic mass is 9.95. The van der Waals surface area contributed by atoms with E-state index in [9.17, 15) is 65.1 Å². The molecular weight excluding hydrogens is 1400 g/mol. The molecule has 2 aromatic carbocycles. The number of carbonyl (C=O) groups excluding carboxylic acids is 4. The number of aliphatic hydroxyl groups excluding tert-OH is 8. The summed E-state index contributed by atoms with van der Waals surface area (Å²) in [4.78, 5) is 46.1. The molecule has 0 bridgehead atoms. The number of phenols is 1. The molecule has 0 radical (unpaired) electrons. The summed E-state index contributed by atoms with van der Waals surface area (Å²) >= 11 is 0. The maximum atomic E-state index is 11.6. The molecule has 29 nitrogen and oxygen atoms in total. The molecule has 2 fully saturated rings. The number of phenolic OH excluding ortho intramolecular Hbond substituents is 1. The van der Waals surface area contributed by atoms with E-state index >= 15 is 0 Å². The van der Waals surface area contributed by atoms with E-state index in [0.29, 0.717) is 81.0 Å². The largest absolute Gasteiger partial charge is 1.00 e. The van der Waals surface area contributed by atoms with Gasteiger partial charge in [-0.05, 0) is 127 Å². The summed E-state index contributed by atoms with van der Waals surface area (Å²) < 4.78 is 55.3. The molecule has 1 aromatic heterocycles. The van der Waals surface area contributed by atoms with Crippen LogP contribution in [0.5, 0.6) is 5.75 Å². The number of carbonyl (C=O) groups is 4. The monoisotopic (exact) mass is 1520 g/mol. The second kappa shape index (κ2) is 53.5. The van der Waals surface area contributed by atoms with Crippen LogP contribution in [0.25, 0.3) is 16.7 Å². The fourth-order valence-corrected chi connectivity index (χ4v) is 11.3. The molecule has 588 valence electrons. The van der Waals surface area contributed by atoms with Crippen molar-refractivity contribution in [3.63, 3.8) is 0 Å². The number of aromatic hydroxyl groups is 1. The van der Waals surface area contributed by atoms with E-state index < -0.39 is 67.2 Å². The highest BCUT2D eigenvalue weighted by atomic mass is 79.9. The van der Waals surface area contributed by atoms with E-state index in [2.05, 4.69) is 48.1 Å². The first-order valence-corrected chi connectivity index (χ1v) is 35.1. The smallest absolute Gasteiger partial charge is 0.302 e. The number of aliphatic hydroxyl groups is 8. The number of fused-ring (bicyclic) bond motifs is 1. The van der Waals surface area contributed by atoms with Gasteiger partial charge < -0.3 is 125 Å². The first-order valence-electron chi connectivity index (χ1n) is 35.1. The number of nitrogens with zero attached hydrogens (tertiary/aromatic N) is 4. The number of methoxy groups -OCH3 is 4. The molecule has 2 aliphatic heterocycles. The molecule has 2 saturated heterocycles. The topological polar surface area (TPSA) is 397 Å². The minimum atomic E-state index is -0.985. The van der Waals surface area contributed by atoms with Crippen LogP contribution in [-0.4, -0.2) is 262 Å². The van der Waals surface area contributed by atoms with Crippen LogP contribution in [0.4, 0.5) is 0 Å². The van der Waals surface area contributed by atoms with Crippen LogP contribution in [0.15, 0.2) is 67.8 Å². The van der Waals surface area contributed by atoms with Crippen molar-refractivity contribution in [2.75, 3.05) is 62.2 Å². The predicted molar refractivity (Wildman–Crippen MR) is 378 cm³/mol. The van der Waals surface area contributed by atoms with E-state index in [1.165, 1.54) is 51.9 Å². The van der Waals surface area contributed by atoms with Crippen molar-refractivity contribution in [2.24, 2.45) is 0 Å². The number of esters is 2. The lowest BCUT2D eigenvalue weighted by Crippen LogP contribution is -3.00. The van der Waals surface area contributed by atoms with Gasteiger partial charge in [-0.15, -0.1) is 15.0 Å². The SMILES string of the molecule is C=CC(=O)NCC(OC)OC.C=CC(=O)NCC1OC(CC(O)CC2CC(C[C@@H](C)O)OC(CC)O2)CC(CC(CC)OC(C)=O)O1.CC.CCC(CC(O)CC(O)CC(O)CC(O)CC(O)C[C@@H](C)O)OC(C)=O.COC(C[N+](C)(C)Cc1ccc(O)c(-n2nc3ccccc3n2)c1)OC.[Br-]. The predicted octanol–water partition coefficient (Wildman–Crippen LogP) is 2.46. The van der Waals surface area contributed by atoms with Gasteiger partial charge in [0.25, 0.3) is 0 Å². The van der Waals surface area contributed by atoms with Gasteiger partial charge in [0.1, 0.15) is 47.8 Å². The van der Waals surface area contributed by atoms with Crippen LogP contribution >= 0.6 is 0 Å². The molecule has 3 heterocycles. The number of aromatic nitrogens is 3. The average Bonchev–Trinajstić information content (AvgIpc) is 1.62. The Kier molecular flexibility index (Phi) is 50.8. The number of ether oxygens (including phenoxy) is 10. The number of benzene rings is 2. The standard InChI is InChI=1S/C26H45NO9.C19H24N4O3.C18H36O8.C7H13NO3.C2H6.BrH/c1-6-19(32-17(5)29)12-23-14-22(35-26(36-23)15-27-24(31)7-2)11-18(30)10-21-13-20(9-16(4)28)33-25(8-3)34-21;1-23(2,13-19(25-3)26-4)12-14-9-10-18(24)17(11-14)22-20-15-7-5-6-8-16(15)21-22;1-4-18(26-12(3)20)10-17(25)9-16(24)8-15(23)7-14(22)6-13(21)5-11(2)19;1-4-6(9)8-5-7(10-2)11-3;1-2;/h7,16,18-23,25-26,28,30H,2,6,8-15H2,1,3-5H3,(H,27,31);5-11,19H,12-13H2,1-4H3;11,13-19,21-25H,4-10H2,1-3H3;4,7H,1,5H2,2-3H3,(H,8,9);1-2H3;1H/t16-,18?,19?,20?,21?,22?,23?,25?,26?;;11-,13?,14?,15?,16?,17?,18?;;;/m1.1.../s1. The van der Waals surface area contributed by atoms with Crippen LogP contribution in [0.1, 0.15) is 164 Å². The van der Waals surface area contributed by atoms with Gasteiger partial charge in [0.15, 0.2) is 18.9 Å². The highest BCUT2D eigenvalue weighted by molar-refractivity contribution is 5.87. The van der Waals surface area contributed by atoms with Gasteiger partial charge >= 0.3 is 11.9 Å². The Bertz CT molecular complexity index is 2730. The summed E-state index contributed by atoms with van der Waals surface area (Å²) in [6, 6.07) is 13.1. The van der Waals surface area contributed by atoms with Crippen molar-refractivity contribution in [2.45, 2.75) is 276 Å². The van der Waals surface area contributed by atoms with Crippen molar-refractivity contribution >= 4 is 34.8 Å². The molecule has 0 saturated carbocycles. The second-order valence-corrected chi connectivity index (χ2v) is 25.8. The number of hydrogen-bond acceptors (Lipinski definition) is 25. The summed E-state index contributed by atoms with van der Waals surface area (Å²) in [5.41, 5.74) is 3.21. The zero-order chi connectivity index (χ0) is 76.4. The molecule has 102 heavy (non-hydrogen) atoms. The van der Waals surface area contributed by atoms with E-state index in [1.807, 2.05) is 71.0 Å². The lowest BCUT2D eigenvalue weighted by molar-refractivity contribution is -0.909. The third-order valence-electron chi connectivity index (χ3n) is 16.0. The average molecular weight is 1520 g/mol. The number of quaternary nitrogens is 1. The Morgan fingerprint density at radius 1 is 0.598 bits per heavy atom. The van der Waals surface area contributed by atoms with Crippen molar-refractivity contribution in [1.29, 1.82) is 0 Å². The zero-order valence-corrected chi connectivity index (χ0v) is 64.4. The Labute approximate surface area is 614 Å². The first-order chi connectivity index (χ1) is 47.8. The molecule has 0 spiro atoms. The lowest BCUT2D eigenvalue weighted by Gasteiger charge is -2.39. The van der Waals surface area contributed by atoms with Crippen molar-refractivity contribution in [1.82, 2.24) is 25.6 Å². The Balaban J connectivity index is 0.00000139. The Morgan fingerprint density at radius 3 is 1.46 bits per heavy atom. The first kappa shape index (κ1) is 96.8. The van der Waals surface area contributed by atoms with Crippen LogP contribution in [0.2, 0.25) is 0 Å². The summed E-state index contributed by atoms with van der Waals surface area (Å²) in [6.45, 7) is 24.4. The van der Waals surface area contributed by atoms with Gasteiger partial charge in [0.05, 0.1) is 100 Å². The zero-order valence-electron chi connectivity index (χ0n) is 62.8. The molecule has 5 rings (SSSR count). The summed E-state index contributed by atoms with van der Waals surface area (Å²) in [7, 11) is 10.5. The van der Waals surface area contributed by atoms with Gasteiger partial charge in [-0.1, -0.05) is 59.9 Å². The molecule has 0 aliphatic carbocycles. The molecule has 11 N–H and O–H groups in total. The second-order valence-electron chi connectivity index (χ2n) is 25.8. The normalized spacial score (nSPS) is 20.3. The van der Waals surface area contributed by atoms with Crippen LogP contribution in [-0.2, 0) is 73.1 Å². The number of nitrogens with one attached hydrogen (secondary N) is 2. The van der Waals surface area contributed by atoms with Crippen molar-refractivity contribution < 1.29 is 134 Å². The van der Waals surface area contributed by atoms with Crippen LogP contribution < -0.4 is 27.6 Å². The summed E-state index contributed by atoms with van der Waals surface area (Å²) in [6.07, 6.45) is -2.19. The highest BCUT2D eigenvalue weighted by Crippen LogP contribution is 2.31. The third-order valence-corrected chi connectivity index (χ3v) is 16.0. The Hall–Kier alpha value is -5.20. The third kappa shape index (κ3) is 42.1. The maximum Gasteiger partial charge on any atom is 0.302 e. The number of halogens is 1. The Morgan fingerprint density at radius 2 is 1.03 bits per heavy atom. The fraction of sp³-hybridized carbons (Fsp3) is 0.722. The van der Waals surface area contributed by atoms with E-state index in [4.69, 9.17) is 47.4 Å². The number of likely N-dealkylation sites (N-methyl/N-ethyl adjacent to an activating group) is 1. The summed E-state index contributed by atoms with van der Waals surface area (Å²) in [5.74, 6) is -1.19. The van der Waals surface area contributed by atoms with Crippen molar-refractivity contribution in [3.05, 3.63) is 73.3 Å². The quantitative estimate of drug-likeness (QED) is 0.0169. The van der Waals surface area contributed by atoms with Crippen LogP contribution in [0.3, 0.4) is 0 Å². The van der Waals surface area contributed by atoms with Gasteiger partial charge in [0.2, 0.25) is 18.1 Å². The molecule has 16 atom stereocenters. The molecule has 3 aromatic rings. The number of amides is 2. The van der Waals surface area contributed by atoms with Gasteiger partial charge in [0, 0.05) is 73.5 Å². The maximum absolute atomic E-state index is 11.6. The molecular formula is C72H125BrN6O23. The van der Waals surface area contributed by atoms with Gasteiger partial charge in [-0.2, -0.15) is 0 Å². The van der Waals surface area contributed by atoms with Crippen LogP contribution in [0, 0.1) is 0 Å². The fourth-order valence-electron chi connectivity index (χ4n) is 11.3. The number of hydrogen-bond donors (Lipinski definition) is 11. The van der Waals surface area contributed by atoms with Crippen molar-refractivity contribution in [3.8, 4) is 11.4 Å². The minimum absolute atomic E-state index is 0. The summed E-state index contributed by atoms with van der Waals surface area (Å²) in [5, 5.41) is 104. The van der Waals surface area contributed by atoms with E-state index in [0.717, 1.165) is 23.1 Å². The van der Waals surface area contributed by atoms with Gasteiger partial charge in [-0.3, -0.25) is 19.2 Å². The van der Waals surface area contributed by atoms with E-state index in [1.54, 1.807) is 27.2 Å². The molecule has 14 unspecified atom stereocenters.